The number of hydrogen-bond acceptors (Lipinski definition) is 5. The molecule has 0 amide bonds. The van der Waals surface area contributed by atoms with E-state index in [-0.39, 0.29) is 0 Å². The number of H-pyrrole nitrogens is 1. The summed E-state index contributed by atoms with van der Waals surface area (Å²) in [5, 5.41) is 8.10. The van der Waals surface area contributed by atoms with Crippen molar-refractivity contribution < 1.29 is 0 Å². The molecule has 2 aliphatic rings. The van der Waals surface area contributed by atoms with E-state index in [1.165, 1.54) is 37.7 Å². The maximum atomic E-state index is 4.76. The Labute approximate surface area is 116 Å². The lowest BCUT2D eigenvalue weighted by atomic mass is 9.98. The maximum Gasteiger partial charge on any atom is 0.205 e. The molecule has 6 heteroatoms. The highest BCUT2D eigenvalue weighted by atomic mass is 32.1. The number of rotatable bonds is 3. The summed E-state index contributed by atoms with van der Waals surface area (Å²) in [5.74, 6) is 1.71. The van der Waals surface area contributed by atoms with Gasteiger partial charge in [0.25, 0.3) is 0 Å². The van der Waals surface area contributed by atoms with Crippen LogP contribution in [0.1, 0.15) is 55.5 Å². The third-order valence-electron chi connectivity index (χ3n) is 4.03. The van der Waals surface area contributed by atoms with E-state index in [0.717, 1.165) is 17.5 Å². The topological polar surface area (TPSA) is 57.7 Å². The Balaban J connectivity index is 1.62. The molecule has 2 aromatic heterocycles. The van der Waals surface area contributed by atoms with Gasteiger partial charge in [0.2, 0.25) is 5.13 Å². The quantitative estimate of drug-likeness (QED) is 0.935. The molecule has 5 nitrogen and oxygen atoms in total. The first-order valence-electron chi connectivity index (χ1n) is 7.01. The van der Waals surface area contributed by atoms with Crippen molar-refractivity contribution in [2.45, 2.75) is 44.1 Å². The highest BCUT2D eigenvalue weighted by molar-refractivity contribution is 7.09. The van der Waals surface area contributed by atoms with Crippen LogP contribution in [0.5, 0.6) is 0 Å². The predicted molar refractivity (Wildman–Crippen MR) is 74.4 cm³/mol. The maximum absolute atomic E-state index is 4.76. The molecule has 1 aliphatic carbocycles. The first-order valence-corrected chi connectivity index (χ1v) is 7.78. The molecule has 3 heterocycles. The van der Waals surface area contributed by atoms with Gasteiger partial charge in [-0.05, 0) is 32.1 Å². The Morgan fingerprint density at radius 1 is 1.26 bits per heavy atom. The molecule has 19 heavy (non-hydrogen) atoms. The van der Waals surface area contributed by atoms with Gasteiger partial charge in [-0.2, -0.15) is 9.47 Å². The van der Waals surface area contributed by atoms with Gasteiger partial charge in [0.1, 0.15) is 5.82 Å². The van der Waals surface area contributed by atoms with E-state index in [1.54, 1.807) is 11.5 Å². The summed E-state index contributed by atoms with van der Waals surface area (Å²) in [5.41, 5.74) is 1.27. The number of aromatic amines is 1. The lowest BCUT2D eigenvalue weighted by Crippen LogP contribution is -2.33. The molecule has 0 bridgehead atoms. The van der Waals surface area contributed by atoms with Crippen LogP contribution in [0, 0.1) is 0 Å². The van der Waals surface area contributed by atoms with Crippen molar-refractivity contribution >= 4 is 16.7 Å². The lowest BCUT2D eigenvalue weighted by Gasteiger charge is -2.34. The Kier molecular flexibility index (Phi) is 2.76. The summed E-state index contributed by atoms with van der Waals surface area (Å²) in [4.78, 5) is 7.17. The summed E-state index contributed by atoms with van der Waals surface area (Å²) in [6.07, 6.45) is 10.2. The fraction of sp³-hybridized carbons (Fsp3) is 0.615. The van der Waals surface area contributed by atoms with Gasteiger partial charge >= 0.3 is 0 Å². The second kappa shape index (κ2) is 4.59. The fourth-order valence-corrected chi connectivity index (χ4v) is 3.62. The highest BCUT2D eigenvalue weighted by Gasteiger charge is 2.31. The zero-order chi connectivity index (χ0) is 12.7. The number of hydrogen-bond donors (Lipinski definition) is 1. The molecule has 4 rings (SSSR count). The van der Waals surface area contributed by atoms with Crippen molar-refractivity contribution in [1.82, 2.24) is 19.6 Å². The second-order valence-corrected chi connectivity index (χ2v) is 6.18. The van der Waals surface area contributed by atoms with Gasteiger partial charge in [0.05, 0.1) is 12.2 Å². The zero-order valence-electron chi connectivity index (χ0n) is 10.7. The smallest absolute Gasteiger partial charge is 0.205 e. The first-order chi connectivity index (χ1) is 9.42. The minimum absolute atomic E-state index is 0.410. The molecule has 1 N–H and O–H groups in total. The van der Waals surface area contributed by atoms with Crippen molar-refractivity contribution in [2.75, 3.05) is 11.4 Å². The van der Waals surface area contributed by atoms with Gasteiger partial charge in [-0.3, -0.25) is 5.10 Å². The number of nitrogens with one attached hydrogen (secondary N) is 1. The summed E-state index contributed by atoms with van der Waals surface area (Å²) in [6, 6.07) is 0.410. The van der Waals surface area contributed by atoms with Crippen LogP contribution >= 0.6 is 11.5 Å². The minimum Gasteiger partial charge on any atom is -0.340 e. The Morgan fingerprint density at radius 3 is 3.00 bits per heavy atom. The predicted octanol–water partition coefficient (Wildman–Crippen LogP) is 2.87. The number of piperidine rings is 1. The normalized spacial score (nSPS) is 23.8. The molecule has 1 aliphatic heterocycles. The van der Waals surface area contributed by atoms with Crippen molar-refractivity contribution in [3.8, 4) is 0 Å². The van der Waals surface area contributed by atoms with Crippen molar-refractivity contribution in [3.63, 3.8) is 0 Å². The Hall–Kier alpha value is -1.43. The number of anilines is 1. The van der Waals surface area contributed by atoms with Crippen molar-refractivity contribution in [2.24, 2.45) is 0 Å². The molecule has 0 spiro atoms. The van der Waals surface area contributed by atoms with Crippen LogP contribution in [-0.4, -0.2) is 26.1 Å². The van der Waals surface area contributed by atoms with Crippen LogP contribution in [0.2, 0.25) is 0 Å². The number of nitrogens with zero attached hydrogens (tertiary/aromatic N) is 4. The average Bonchev–Trinajstić information content (AvgIpc) is 2.97. The number of aromatic nitrogens is 4. The summed E-state index contributed by atoms with van der Waals surface area (Å²) >= 11 is 1.56. The van der Waals surface area contributed by atoms with E-state index >= 15 is 0 Å². The Morgan fingerprint density at radius 2 is 2.21 bits per heavy atom. The van der Waals surface area contributed by atoms with E-state index in [1.807, 2.05) is 12.4 Å². The molecule has 0 aromatic carbocycles. The summed E-state index contributed by atoms with van der Waals surface area (Å²) in [7, 11) is 0. The molecular weight excluding hydrogens is 258 g/mol. The van der Waals surface area contributed by atoms with Crippen molar-refractivity contribution in [3.05, 3.63) is 23.8 Å². The SMILES string of the molecule is c1n[nH]cc1C1CCCCN1c1nc(C2CC2)ns1. The molecular formula is C13H17N5S. The molecule has 2 aromatic rings. The monoisotopic (exact) mass is 275 g/mol. The Bertz CT molecular complexity index is 545. The highest BCUT2D eigenvalue weighted by Crippen LogP contribution is 2.41. The lowest BCUT2D eigenvalue weighted by molar-refractivity contribution is 0.472. The molecule has 1 atom stereocenters. The third kappa shape index (κ3) is 2.14. The van der Waals surface area contributed by atoms with Gasteiger partial charge in [-0.25, -0.2) is 4.98 Å². The van der Waals surface area contributed by atoms with E-state index in [0.29, 0.717) is 12.0 Å². The van der Waals surface area contributed by atoms with E-state index in [4.69, 9.17) is 4.98 Å². The largest absolute Gasteiger partial charge is 0.340 e. The van der Waals surface area contributed by atoms with Crippen LogP contribution in [0.25, 0.3) is 0 Å². The van der Waals surface area contributed by atoms with Crippen LogP contribution in [-0.2, 0) is 0 Å². The molecule has 100 valence electrons. The molecule has 1 unspecified atom stereocenters. The first kappa shape index (κ1) is 11.4. The minimum atomic E-state index is 0.410. The third-order valence-corrected chi connectivity index (χ3v) is 4.79. The molecule has 1 saturated carbocycles. The van der Waals surface area contributed by atoms with Gasteiger partial charge in [-0.1, -0.05) is 0 Å². The zero-order valence-corrected chi connectivity index (χ0v) is 11.6. The van der Waals surface area contributed by atoms with Crippen LogP contribution in [0.3, 0.4) is 0 Å². The second-order valence-electron chi connectivity index (χ2n) is 5.45. The van der Waals surface area contributed by atoms with Crippen LogP contribution in [0.4, 0.5) is 5.13 Å². The molecule has 2 fully saturated rings. The van der Waals surface area contributed by atoms with Gasteiger partial charge < -0.3 is 4.90 Å². The summed E-state index contributed by atoms with van der Waals surface area (Å²) < 4.78 is 4.53. The average molecular weight is 275 g/mol. The van der Waals surface area contributed by atoms with Crippen LogP contribution in [0.15, 0.2) is 12.4 Å². The van der Waals surface area contributed by atoms with E-state index in [9.17, 15) is 0 Å². The van der Waals surface area contributed by atoms with Crippen LogP contribution < -0.4 is 4.90 Å². The summed E-state index contributed by atoms with van der Waals surface area (Å²) in [6.45, 7) is 1.08. The van der Waals surface area contributed by atoms with E-state index in [2.05, 4.69) is 19.5 Å². The van der Waals surface area contributed by atoms with Gasteiger partial charge in [0, 0.05) is 35.8 Å². The fourth-order valence-electron chi connectivity index (χ4n) is 2.80. The standard InChI is InChI=1S/C13H17N5S/c1-2-6-18(11(3-1)10-7-14-15-8-10)13-16-12(17-19-13)9-4-5-9/h7-9,11H,1-6H2,(H,14,15). The molecule has 0 radical (unpaired) electrons. The van der Waals surface area contributed by atoms with Gasteiger partial charge in [0.15, 0.2) is 0 Å². The van der Waals surface area contributed by atoms with Crippen molar-refractivity contribution in [1.29, 1.82) is 0 Å². The van der Waals surface area contributed by atoms with E-state index < -0.39 is 0 Å². The van der Waals surface area contributed by atoms with Gasteiger partial charge in [-0.15, -0.1) is 0 Å². The molecule has 1 saturated heterocycles.